The lowest BCUT2D eigenvalue weighted by atomic mass is 10.1. The van der Waals surface area contributed by atoms with Crippen LogP contribution in [-0.4, -0.2) is 13.2 Å². The van der Waals surface area contributed by atoms with Crippen LogP contribution < -0.4 is 10.5 Å². The molecule has 1 aromatic rings. The lowest BCUT2D eigenvalue weighted by Gasteiger charge is -2.04. The Hall–Kier alpha value is -1.17. The molecule has 1 atom stereocenters. The van der Waals surface area contributed by atoms with Crippen LogP contribution in [0.4, 0.5) is 0 Å². The van der Waals surface area contributed by atoms with Crippen molar-refractivity contribution in [3.63, 3.8) is 0 Å². The fraction of sp³-hybridized carbons (Fsp3) is 0.385. The number of nitrogens with two attached hydrogens (primary N) is 1. The molecule has 0 spiro atoms. The minimum absolute atomic E-state index is 0.0892. The van der Waals surface area contributed by atoms with Gasteiger partial charge in [-0.2, -0.15) is 0 Å². The Labute approximate surface area is 102 Å². The first-order chi connectivity index (χ1) is 7.67. The molecule has 0 aliphatic carbocycles. The van der Waals surface area contributed by atoms with Gasteiger partial charge in [0.25, 0.3) is 0 Å². The van der Waals surface area contributed by atoms with Gasteiger partial charge in [-0.3, -0.25) is 0 Å². The molecule has 0 aromatic heterocycles. The summed E-state index contributed by atoms with van der Waals surface area (Å²) < 4.78 is 5.19. The molecule has 1 unspecified atom stereocenters. The first-order valence-electron chi connectivity index (χ1n) is 5.28. The summed E-state index contributed by atoms with van der Waals surface area (Å²) >= 11 is 5.90. The van der Waals surface area contributed by atoms with Crippen LogP contribution in [0, 0.1) is 11.8 Å². The van der Waals surface area contributed by atoms with Gasteiger partial charge in [-0.05, 0) is 24.6 Å². The molecule has 0 heterocycles. The van der Waals surface area contributed by atoms with Crippen LogP contribution >= 0.6 is 11.6 Å². The lowest BCUT2D eigenvalue weighted by molar-refractivity contribution is 0.413. The lowest BCUT2D eigenvalue weighted by Crippen LogP contribution is -2.16. The molecule has 3 heteroatoms. The van der Waals surface area contributed by atoms with Gasteiger partial charge in [0, 0.05) is 5.02 Å². The van der Waals surface area contributed by atoms with Crippen molar-refractivity contribution in [1.82, 2.24) is 0 Å². The molecule has 0 radical (unpaired) electrons. The minimum atomic E-state index is -0.0892. The molecule has 86 valence electrons. The summed E-state index contributed by atoms with van der Waals surface area (Å²) in [4.78, 5) is 0. The Morgan fingerprint density at radius 3 is 2.88 bits per heavy atom. The molecule has 0 bridgehead atoms. The predicted molar refractivity (Wildman–Crippen MR) is 67.8 cm³/mol. The number of benzene rings is 1. The van der Waals surface area contributed by atoms with Crippen molar-refractivity contribution in [2.24, 2.45) is 5.73 Å². The molecule has 0 saturated heterocycles. The summed E-state index contributed by atoms with van der Waals surface area (Å²) in [5.41, 5.74) is 6.59. The third-order valence-electron chi connectivity index (χ3n) is 2.15. The maximum Gasteiger partial charge on any atom is 0.134 e. The topological polar surface area (TPSA) is 35.2 Å². The van der Waals surface area contributed by atoms with Crippen LogP contribution in [0.1, 0.15) is 25.3 Å². The van der Waals surface area contributed by atoms with Gasteiger partial charge in [-0.25, -0.2) is 0 Å². The molecule has 0 amide bonds. The molecule has 16 heavy (non-hydrogen) atoms. The number of rotatable bonds is 3. The van der Waals surface area contributed by atoms with Gasteiger partial charge in [0.1, 0.15) is 5.75 Å². The Morgan fingerprint density at radius 2 is 2.25 bits per heavy atom. The summed E-state index contributed by atoms with van der Waals surface area (Å²) in [5, 5.41) is 0.647. The first kappa shape index (κ1) is 12.9. The third kappa shape index (κ3) is 3.77. The summed E-state index contributed by atoms with van der Waals surface area (Å²) in [6.45, 7) is 2.08. The quantitative estimate of drug-likeness (QED) is 0.821. The second-order valence-corrected chi connectivity index (χ2v) is 3.95. The van der Waals surface area contributed by atoms with Crippen molar-refractivity contribution in [3.8, 4) is 17.6 Å². The molecule has 0 aliphatic rings. The molecule has 2 nitrogen and oxygen atoms in total. The summed E-state index contributed by atoms with van der Waals surface area (Å²) in [6.07, 6.45) is 1.93. The van der Waals surface area contributed by atoms with Crippen molar-refractivity contribution in [2.75, 3.05) is 7.11 Å². The number of hydrogen-bond donors (Lipinski definition) is 1. The normalized spacial score (nSPS) is 11.5. The van der Waals surface area contributed by atoms with Crippen molar-refractivity contribution in [1.29, 1.82) is 0 Å². The molecular formula is C13H16ClNO. The Kier molecular flexibility index (Phi) is 5.18. The van der Waals surface area contributed by atoms with Crippen LogP contribution in [0.2, 0.25) is 5.02 Å². The predicted octanol–water partition coefficient (Wildman–Crippen LogP) is 2.83. The van der Waals surface area contributed by atoms with E-state index in [1.54, 1.807) is 25.3 Å². The number of ether oxygens (including phenoxy) is 1. The molecule has 0 aliphatic heterocycles. The maximum atomic E-state index is 5.90. The van der Waals surface area contributed by atoms with Crippen molar-refractivity contribution in [2.45, 2.75) is 25.8 Å². The minimum Gasteiger partial charge on any atom is -0.495 e. The van der Waals surface area contributed by atoms with E-state index in [0.29, 0.717) is 5.02 Å². The average Bonchev–Trinajstić information content (AvgIpc) is 2.27. The molecule has 0 fully saturated rings. The molecule has 1 aromatic carbocycles. The zero-order valence-electron chi connectivity index (χ0n) is 9.59. The van der Waals surface area contributed by atoms with Gasteiger partial charge in [0.2, 0.25) is 0 Å². The highest BCUT2D eigenvalue weighted by Crippen LogP contribution is 2.21. The fourth-order valence-corrected chi connectivity index (χ4v) is 1.50. The van der Waals surface area contributed by atoms with E-state index in [4.69, 9.17) is 22.1 Å². The molecular weight excluding hydrogens is 222 g/mol. The zero-order chi connectivity index (χ0) is 12.0. The largest absolute Gasteiger partial charge is 0.495 e. The highest BCUT2D eigenvalue weighted by atomic mass is 35.5. The van der Waals surface area contributed by atoms with Crippen LogP contribution in [0.15, 0.2) is 18.2 Å². The molecule has 0 saturated carbocycles. The van der Waals surface area contributed by atoms with Crippen molar-refractivity contribution >= 4 is 11.6 Å². The number of halogens is 1. The fourth-order valence-electron chi connectivity index (χ4n) is 1.33. The van der Waals surface area contributed by atoms with E-state index in [9.17, 15) is 0 Å². The number of hydrogen-bond acceptors (Lipinski definition) is 2. The van der Waals surface area contributed by atoms with Crippen LogP contribution in [0.5, 0.6) is 5.75 Å². The third-order valence-corrected chi connectivity index (χ3v) is 2.39. The SMILES string of the molecule is CCCC(N)C#Cc1cc(Cl)ccc1OC. The summed E-state index contributed by atoms with van der Waals surface area (Å²) in [5.74, 6) is 6.72. The smallest absolute Gasteiger partial charge is 0.134 e. The van der Waals surface area contributed by atoms with Crippen LogP contribution in [-0.2, 0) is 0 Å². The monoisotopic (exact) mass is 237 g/mol. The van der Waals surface area contributed by atoms with Gasteiger partial charge in [-0.1, -0.05) is 36.8 Å². The van der Waals surface area contributed by atoms with Crippen molar-refractivity contribution in [3.05, 3.63) is 28.8 Å². The summed E-state index contributed by atoms with van der Waals surface area (Å²) in [7, 11) is 1.61. The van der Waals surface area contributed by atoms with Crippen LogP contribution in [0.3, 0.4) is 0 Å². The Morgan fingerprint density at radius 1 is 1.50 bits per heavy atom. The highest BCUT2D eigenvalue weighted by molar-refractivity contribution is 6.30. The van der Waals surface area contributed by atoms with E-state index < -0.39 is 0 Å². The van der Waals surface area contributed by atoms with E-state index >= 15 is 0 Å². The number of methoxy groups -OCH3 is 1. The highest BCUT2D eigenvalue weighted by Gasteiger charge is 2.01. The van der Waals surface area contributed by atoms with Gasteiger partial charge in [0.05, 0.1) is 18.7 Å². The zero-order valence-corrected chi connectivity index (χ0v) is 10.3. The Balaban J connectivity index is 2.90. The summed E-state index contributed by atoms with van der Waals surface area (Å²) in [6, 6.07) is 5.27. The Bertz CT molecular complexity index is 406. The van der Waals surface area contributed by atoms with Gasteiger partial charge < -0.3 is 10.5 Å². The second kappa shape index (κ2) is 6.42. The average molecular weight is 238 g/mol. The standard InChI is InChI=1S/C13H16ClNO/c1-3-4-12(15)7-5-10-9-11(14)6-8-13(10)16-2/h6,8-9,12H,3-4,15H2,1-2H3. The van der Waals surface area contributed by atoms with E-state index in [0.717, 1.165) is 24.2 Å². The molecule has 1 rings (SSSR count). The van der Waals surface area contributed by atoms with Gasteiger partial charge in [0.15, 0.2) is 0 Å². The maximum absolute atomic E-state index is 5.90. The van der Waals surface area contributed by atoms with E-state index in [1.165, 1.54) is 0 Å². The van der Waals surface area contributed by atoms with Crippen LogP contribution in [0.25, 0.3) is 0 Å². The van der Waals surface area contributed by atoms with E-state index in [2.05, 4.69) is 18.8 Å². The van der Waals surface area contributed by atoms with Gasteiger partial charge >= 0.3 is 0 Å². The van der Waals surface area contributed by atoms with Crippen molar-refractivity contribution < 1.29 is 4.74 Å². The van der Waals surface area contributed by atoms with Gasteiger partial charge in [-0.15, -0.1) is 0 Å². The first-order valence-corrected chi connectivity index (χ1v) is 5.65. The van der Waals surface area contributed by atoms with E-state index in [-0.39, 0.29) is 6.04 Å². The second-order valence-electron chi connectivity index (χ2n) is 3.51. The molecule has 2 N–H and O–H groups in total. The van der Waals surface area contributed by atoms with E-state index in [1.807, 2.05) is 0 Å².